The fraction of sp³-hybridized carbons (Fsp3) is 1.00. The lowest BCUT2D eigenvalue weighted by atomic mass is 10.5. The average Bonchev–Trinajstić information content (AvgIpc) is 1.69. The lowest BCUT2D eigenvalue weighted by Gasteiger charge is -1.97. The summed E-state index contributed by atoms with van der Waals surface area (Å²) >= 11 is 0. The molecule has 0 radical (unpaired) electrons. The van der Waals surface area contributed by atoms with Crippen LogP contribution >= 0.6 is 0 Å². The van der Waals surface area contributed by atoms with Crippen molar-refractivity contribution in [2.45, 2.75) is 20.3 Å². The van der Waals surface area contributed by atoms with Crippen molar-refractivity contribution in [3.63, 3.8) is 0 Å². The second-order valence-corrected chi connectivity index (χ2v) is 1.33. The third-order valence-electron chi connectivity index (χ3n) is 0.598. The molecule has 0 fully saturated rings. The van der Waals surface area contributed by atoms with Gasteiger partial charge in [-0.05, 0) is 13.3 Å². The molecule has 0 aliphatic heterocycles. The molecule has 0 aromatic carbocycles. The summed E-state index contributed by atoms with van der Waals surface area (Å²) in [6.07, 6.45) is 1.12. The number of nitrogens with one attached hydrogen (secondary N) is 1. The Bertz CT molecular complexity index is 29.6. The van der Waals surface area contributed by atoms with Gasteiger partial charge in [-0.15, -0.1) is 0 Å². The van der Waals surface area contributed by atoms with E-state index >= 15 is 0 Å². The minimum absolute atomic E-state index is 0. The van der Waals surface area contributed by atoms with Gasteiger partial charge in [-0.1, -0.05) is 6.92 Å². The first-order valence-corrected chi connectivity index (χ1v) is 2.76. The van der Waals surface area contributed by atoms with Gasteiger partial charge in [0.15, 0.2) is 0 Å². The summed E-state index contributed by atoms with van der Waals surface area (Å²) < 4.78 is 0. The molecule has 0 aromatic rings. The van der Waals surface area contributed by atoms with Crippen molar-refractivity contribution in [3.8, 4) is 0 Å². The number of hydroxylamine groups is 1. The van der Waals surface area contributed by atoms with E-state index in [0.29, 0.717) is 0 Å². The molecule has 0 aliphatic carbocycles. The summed E-state index contributed by atoms with van der Waals surface area (Å²) in [6.45, 7) is 5.77. The Labute approximate surface area is 50.3 Å². The summed E-state index contributed by atoms with van der Waals surface area (Å²) in [7, 11) is 0. The van der Waals surface area contributed by atoms with E-state index in [1.54, 1.807) is 0 Å². The van der Waals surface area contributed by atoms with E-state index in [1.807, 2.05) is 6.92 Å². The topological polar surface area (TPSA) is 52.8 Å². The Morgan fingerprint density at radius 3 is 2.38 bits per heavy atom. The lowest BCUT2D eigenvalue weighted by Crippen LogP contribution is -2.14. The van der Waals surface area contributed by atoms with E-state index in [4.69, 9.17) is 4.84 Å². The van der Waals surface area contributed by atoms with Crippen LogP contribution in [0.5, 0.6) is 0 Å². The van der Waals surface area contributed by atoms with E-state index in [0.717, 1.165) is 19.6 Å². The molecule has 0 bridgehead atoms. The number of hydrogen-bond donors (Lipinski definition) is 1. The van der Waals surface area contributed by atoms with Crippen LogP contribution in [0, 0.1) is 0 Å². The van der Waals surface area contributed by atoms with Gasteiger partial charge in [0, 0.05) is 6.54 Å². The third-order valence-corrected chi connectivity index (χ3v) is 0.598. The zero-order valence-electron chi connectivity index (χ0n) is 5.53. The van der Waals surface area contributed by atoms with E-state index in [1.165, 1.54) is 0 Å². The fourth-order valence-corrected chi connectivity index (χ4v) is 0.276. The maximum Gasteiger partial charge on any atom is 0.0653 e. The van der Waals surface area contributed by atoms with Crippen LogP contribution in [0.15, 0.2) is 0 Å². The number of rotatable bonds is 4. The molecule has 0 saturated carbocycles. The molecule has 0 rings (SSSR count). The van der Waals surface area contributed by atoms with Crippen LogP contribution in [-0.4, -0.2) is 18.6 Å². The van der Waals surface area contributed by atoms with E-state index in [-0.39, 0.29) is 5.48 Å². The molecule has 0 aromatic heterocycles. The second kappa shape index (κ2) is 9.99. The number of hydrogen-bond acceptors (Lipinski definition) is 2. The predicted octanol–water partition coefficient (Wildman–Crippen LogP) is 0.113. The highest BCUT2D eigenvalue weighted by atomic mass is 16.6. The maximum absolute atomic E-state index is 4.82. The molecule has 3 nitrogen and oxygen atoms in total. The van der Waals surface area contributed by atoms with E-state index in [9.17, 15) is 0 Å². The molecule has 0 unspecified atom stereocenters. The van der Waals surface area contributed by atoms with Gasteiger partial charge < -0.3 is 10.3 Å². The van der Waals surface area contributed by atoms with Gasteiger partial charge in [0.25, 0.3) is 0 Å². The van der Waals surface area contributed by atoms with Crippen molar-refractivity contribution >= 4 is 0 Å². The van der Waals surface area contributed by atoms with Gasteiger partial charge in [-0.25, -0.2) is 5.48 Å². The maximum atomic E-state index is 4.82. The normalized spacial score (nSPS) is 8.25. The minimum Gasteiger partial charge on any atom is -0.412 e. The molecular weight excluding hydrogens is 106 g/mol. The zero-order valence-corrected chi connectivity index (χ0v) is 5.53. The quantitative estimate of drug-likeness (QED) is 0.424. The van der Waals surface area contributed by atoms with Crippen LogP contribution in [0.3, 0.4) is 0 Å². The van der Waals surface area contributed by atoms with Gasteiger partial charge in [0.05, 0.1) is 6.61 Å². The smallest absolute Gasteiger partial charge is 0.0653 e. The molecule has 3 heteroatoms. The standard InChI is InChI=1S/C5H13NO.H2O/c1-3-5-6-7-4-2;/h6H,3-5H2,1-2H3;1H2. The van der Waals surface area contributed by atoms with Gasteiger partial charge >= 0.3 is 0 Å². The molecule has 0 amide bonds. The van der Waals surface area contributed by atoms with Gasteiger partial charge in [0.1, 0.15) is 0 Å². The van der Waals surface area contributed by atoms with Crippen LogP contribution in [0.2, 0.25) is 0 Å². The van der Waals surface area contributed by atoms with Crippen molar-refractivity contribution < 1.29 is 10.3 Å². The molecular formula is C5H15NO2. The Morgan fingerprint density at radius 2 is 2.00 bits per heavy atom. The molecule has 0 atom stereocenters. The first kappa shape index (κ1) is 10.8. The highest BCUT2D eigenvalue weighted by Crippen LogP contribution is 1.68. The first-order valence-electron chi connectivity index (χ1n) is 2.76. The van der Waals surface area contributed by atoms with E-state index < -0.39 is 0 Å². The average molecular weight is 121 g/mol. The van der Waals surface area contributed by atoms with Crippen molar-refractivity contribution in [2.24, 2.45) is 0 Å². The van der Waals surface area contributed by atoms with Crippen LogP contribution in [0.25, 0.3) is 0 Å². The van der Waals surface area contributed by atoms with Crippen molar-refractivity contribution in [3.05, 3.63) is 0 Å². The highest BCUT2D eigenvalue weighted by molar-refractivity contribution is 4.25. The van der Waals surface area contributed by atoms with Crippen molar-refractivity contribution in [1.29, 1.82) is 0 Å². The Balaban J connectivity index is 0. The summed E-state index contributed by atoms with van der Waals surface area (Å²) in [5.41, 5.74) is 2.78. The van der Waals surface area contributed by atoms with Crippen LogP contribution in [-0.2, 0) is 4.84 Å². The van der Waals surface area contributed by atoms with Gasteiger partial charge in [-0.3, -0.25) is 0 Å². The molecule has 3 N–H and O–H groups in total. The SMILES string of the molecule is CCCNOCC.O. The van der Waals surface area contributed by atoms with Crippen LogP contribution in [0.1, 0.15) is 20.3 Å². The highest BCUT2D eigenvalue weighted by Gasteiger charge is 1.75. The molecule has 0 heterocycles. The molecule has 0 saturated heterocycles. The Kier molecular flexibility index (Phi) is 13.5. The van der Waals surface area contributed by atoms with Gasteiger partial charge in [-0.2, -0.15) is 0 Å². The first-order chi connectivity index (χ1) is 3.41. The Morgan fingerprint density at radius 1 is 1.38 bits per heavy atom. The van der Waals surface area contributed by atoms with Gasteiger partial charge in [0.2, 0.25) is 0 Å². The molecule has 0 spiro atoms. The van der Waals surface area contributed by atoms with Crippen molar-refractivity contribution in [1.82, 2.24) is 5.48 Å². The van der Waals surface area contributed by atoms with Crippen LogP contribution in [0.4, 0.5) is 0 Å². The summed E-state index contributed by atoms with van der Waals surface area (Å²) in [5.74, 6) is 0. The molecule has 52 valence electrons. The van der Waals surface area contributed by atoms with E-state index in [2.05, 4.69) is 12.4 Å². The lowest BCUT2D eigenvalue weighted by molar-refractivity contribution is 0.0512. The zero-order chi connectivity index (χ0) is 5.54. The summed E-state index contributed by atoms with van der Waals surface area (Å²) in [4.78, 5) is 4.82. The fourth-order valence-electron chi connectivity index (χ4n) is 0.276. The largest absolute Gasteiger partial charge is 0.412 e. The minimum atomic E-state index is 0. The second-order valence-electron chi connectivity index (χ2n) is 1.33. The Hall–Kier alpha value is -0.120. The van der Waals surface area contributed by atoms with Crippen LogP contribution < -0.4 is 5.48 Å². The predicted molar refractivity (Wildman–Crippen MR) is 33.5 cm³/mol. The summed E-state index contributed by atoms with van der Waals surface area (Å²) in [6, 6.07) is 0. The monoisotopic (exact) mass is 121 g/mol. The van der Waals surface area contributed by atoms with Crippen molar-refractivity contribution in [2.75, 3.05) is 13.2 Å². The molecule has 0 aliphatic rings. The summed E-state index contributed by atoms with van der Waals surface area (Å²) in [5, 5.41) is 0. The molecule has 8 heavy (non-hydrogen) atoms. The third kappa shape index (κ3) is 9.30.